The Morgan fingerprint density at radius 3 is 2.18 bits per heavy atom. The van der Waals surface area contributed by atoms with E-state index in [1.54, 1.807) is 18.2 Å². The number of amides is 2. The van der Waals surface area contributed by atoms with Gasteiger partial charge in [-0.05, 0) is 30.2 Å². The van der Waals surface area contributed by atoms with E-state index in [9.17, 15) is 18.0 Å². The van der Waals surface area contributed by atoms with Crippen LogP contribution in [0.2, 0.25) is 0 Å². The smallest absolute Gasteiger partial charge is 0.244 e. The number of fused-ring (bicyclic) bond motifs is 1. The molecule has 3 aromatic carbocycles. The van der Waals surface area contributed by atoms with Gasteiger partial charge in [-0.1, -0.05) is 60.7 Å². The molecular weight excluding hydrogens is 506 g/mol. The molecule has 0 saturated carbocycles. The van der Waals surface area contributed by atoms with Gasteiger partial charge in [0.25, 0.3) is 0 Å². The van der Waals surface area contributed by atoms with Crippen molar-refractivity contribution in [2.75, 3.05) is 30.4 Å². The van der Waals surface area contributed by atoms with E-state index in [2.05, 4.69) is 5.32 Å². The summed E-state index contributed by atoms with van der Waals surface area (Å²) in [6, 6.07) is 22.6. The third-order valence-corrected chi connectivity index (χ3v) is 8.08. The summed E-state index contributed by atoms with van der Waals surface area (Å²) in [7, 11) is -2.33. The second-order valence-electron chi connectivity index (χ2n) is 8.77. The highest BCUT2D eigenvalue weighted by Gasteiger charge is 2.33. The Morgan fingerprint density at radius 2 is 1.55 bits per heavy atom. The molecular formula is C28H31N3O6S. The number of nitrogens with zero attached hydrogens (tertiary/aromatic N) is 2. The molecule has 3 aromatic rings. The number of likely N-dealkylation sites (N-methyl/N-ethyl adjacent to an activating group) is 1. The van der Waals surface area contributed by atoms with Crippen LogP contribution in [0.3, 0.4) is 0 Å². The lowest BCUT2D eigenvalue weighted by Gasteiger charge is -2.33. The van der Waals surface area contributed by atoms with Crippen LogP contribution in [0, 0.1) is 0 Å². The van der Waals surface area contributed by atoms with E-state index >= 15 is 0 Å². The van der Waals surface area contributed by atoms with Crippen LogP contribution in [0.25, 0.3) is 0 Å². The van der Waals surface area contributed by atoms with E-state index in [4.69, 9.17) is 9.47 Å². The van der Waals surface area contributed by atoms with Crippen molar-refractivity contribution in [1.82, 2.24) is 10.2 Å². The van der Waals surface area contributed by atoms with Gasteiger partial charge in [0.05, 0.1) is 11.4 Å². The minimum atomic E-state index is -3.85. The van der Waals surface area contributed by atoms with Crippen LogP contribution in [0.15, 0.2) is 78.9 Å². The second-order valence-corrected chi connectivity index (χ2v) is 11.0. The lowest BCUT2D eigenvalue weighted by molar-refractivity contribution is -0.139. The maximum absolute atomic E-state index is 14.0. The second kappa shape index (κ2) is 12.0. The Hall–Kier alpha value is -4.05. The molecule has 0 bridgehead atoms. The quantitative estimate of drug-likeness (QED) is 0.403. The Labute approximate surface area is 223 Å². The minimum absolute atomic E-state index is 0.0381. The molecule has 2 amide bonds. The van der Waals surface area contributed by atoms with Crippen LogP contribution < -0.4 is 19.1 Å². The van der Waals surface area contributed by atoms with E-state index < -0.39 is 28.5 Å². The zero-order chi connectivity index (χ0) is 27.1. The van der Waals surface area contributed by atoms with Gasteiger partial charge in [0.1, 0.15) is 12.6 Å². The van der Waals surface area contributed by atoms with Gasteiger partial charge < -0.3 is 19.7 Å². The van der Waals surface area contributed by atoms with Crippen LogP contribution in [-0.4, -0.2) is 57.3 Å². The first-order chi connectivity index (χ1) is 18.3. The van der Waals surface area contributed by atoms with Crippen molar-refractivity contribution >= 4 is 27.5 Å². The Kier molecular flexibility index (Phi) is 8.52. The zero-order valence-corrected chi connectivity index (χ0v) is 22.2. The van der Waals surface area contributed by atoms with Crippen molar-refractivity contribution in [3.63, 3.8) is 0 Å². The third kappa shape index (κ3) is 6.25. The fourth-order valence-electron chi connectivity index (χ4n) is 4.26. The predicted octanol–water partition coefficient (Wildman–Crippen LogP) is 2.96. The van der Waals surface area contributed by atoms with Crippen molar-refractivity contribution in [2.45, 2.75) is 25.9 Å². The summed E-state index contributed by atoms with van der Waals surface area (Å²) in [5.74, 6) is -0.155. The molecule has 0 unspecified atom stereocenters. The fraction of sp³-hybridized carbons (Fsp3) is 0.286. The molecule has 0 aromatic heterocycles. The minimum Gasteiger partial charge on any atom is -0.454 e. The summed E-state index contributed by atoms with van der Waals surface area (Å²) < 4.78 is 38.2. The van der Waals surface area contributed by atoms with E-state index in [1.807, 2.05) is 60.7 Å². The number of hydrogen-bond donors (Lipinski definition) is 1. The molecule has 1 atom stereocenters. The van der Waals surface area contributed by atoms with Crippen molar-refractivity contribution in [2.24, 2.45) is 0 Å². The maximum atomic E-state index is 14.0. The van der Waals surface area contributed by atoms with Crippen molar-refractivity contribution in [3.8, 4) is 11.5 Å². The number of hydrogen-bond acceptors (Lipinski definition) is 6. The SMILES string of the molecule is CCS(=O)(=O)N(CC(=O)N(Cc1ccccc1)[C@H](Cc1ccccc1)C(=O)NC)c1ccc2c(c1)OCO2. The van der Waals surface area contributed by atoms with Gasteiger partial charge in [-0.2, -0.15) is 0 Å². The molecule has 9 nitrogen and oxygen atoms in total. The van der Waals surface area contributed by atoms with Crippen LogP contribution >= 0.6 is 0 Å². The lowest BCUT2D eigenvalue weighted by Crippen LogP contribution is -2.53. The molecule has 0 radical (unpaired) electrons. The van der Waals surface area contributed by atoms with E-state index in [0.717, 1.165) is 15.4 Å². The Balaban J connectivity index is 1.71. The van der Waals surface area contributed by atoms with Crippen molar-refractivity contribution in [1.29, 1.82) is 0 Å². The molecule has 1 aliphatic heterocycles. The average Bonchev–Trinajstić information content (AvgIpc) is 3.42. The summed E-state index contributed by atoms with van der Waals surface area (Å²) >= 11 is 0. The van der Waals surface area contributed by atoms with Crippen molar-refractivity contribution < 1.29 is 27.5 Å². The number of sulfonamides is 1. The van der Waals surface area contributed by atoms with Crippen molar-refractivity contribution in [3.05, 3.63) is 90.0 Å². The third-order valence-electron chi connectivity index (χ3n) is 6.34. The number of carbonyl (C=O) groups excluding carboxylic acids is 2. The first-order valence-corrected chi connectivity index (χ1v) is 13.9. The van der Waals surface area contributed by atoms with Crippen LogP contribution in [0.1, 0.15) is 18.1 Å². The molecule has 0 fully saturated rings. The Bertz CT molecular complexity index is 1370. The van der Waals surface area contributed by atoms with Gasteiger partial charge in [-0.25, -0.2) is 8.42 Å². The van der Waals surface area contributed by atoms with Gasteiger partial charge >= 0.3 is 0 Å². The summed E-state index contributed by atoms with van der Waals surface area (Å²) in [5, 5.41) is 2.67. The lowest BCUT2D eigenvalue weighted by atomic mass is 10.0. The summed E-state index contributed by atoms with van der Waals surface area (Å²) in [6.07, 6.45) is 0.267. The highest BCUT2D eigenvalue weighted by molar-refractivity contribution is 7.92. The number of anilines is 1. The molecule has 1 N–H and O–H groups in total. The Morgan fingerprint density at radius 1 is 0.921 bits per heavy atom. The highest BCUT2D eigenvalue weighted by atomic mass is 32.2. The molecule has 4 rings (SSSR count). The van der Waals surface area contributed by atoms with Crippen LogP contribution in [0.5, 0.6) is 11.5 Å². The van der Waals surface area contributed by atoms with E-state index in [0.29, 0.717) is 11.5 Å². The number of carbonyl (C=O) groups is 2. The molecule has 10 heteroatoms. The van der Waals surface area contributed by atoms with Gasteiger partial charge in [-0.15, -0.1) is 0 Å². The fourth-order valence-corrected chi connectivity index (χ4v) is 5.31. The summed E-state index contributed by atoms with van der Waals surface area (Å²) in [4.78, 5) is 28.5. The first kappa shape index (κ1) is 27.0. The number of nitrogens with one attached hydrogen (secondary N) is 1. The first-order valence-electron chi connectivity index (χ1n) is 12.3. The predicted molar refractivity (Wildman–Crippen MR) is 144 cm³/mol. The highest BCUT2D eigenvalue weighted by Crippen LogP contribution is 2.36. The number of rotatable bonds is 11. The number of benzene rings is 3. The molecule has 1 aliphatic rings. The molecule has 0 aliphatic carbocycles. The monoisotopic (exact) mass is 537 g/mol. The van der Waals surface area contributed by atoms with Gasteiger partial charge in [0.2, 0.25) is 28.6 Å². The van der Waals surface area contributed by atoms with Gasteiger partial charge in [0, 0.05) is 26.1 Å². The van der Waals surface area contributed by atoms with Crippen LogP contribution in [-0.2, 0) is 32.6 Å². The average molecular weight is 538 g/mol. The van der Waals surface area contributed by atoms with E-state index in [-0.39, 0.29) is 37.1 Å². The topological polar surface area (TPSA) is 105 Å². The molecule has 0 spiro atoms. The summed E-state index contributed by atoms with van der Waals surface area (Å²) in [6.45, 7) is 1.21. The molecule has 0 saturated heterocycles. The van der Waals surface area contributed by atoms with E-state index in [1.165, 1.54) is 18.9 Å². The molecule has 1 heterocycles. The normalized spacial score (nSPS) is 13.0. The largest absolute Gasteiger partial charge is 0.454 e. The maximum Gasteiger partial charge on any atom is 0.244 e. The van der Waals surface area contributed by atoms with Gasteiger partial charge in [-0.3, -0.25) is 13.9 Å². The van der Waals surface area contributed by atoms with Gasteiger partial charge in [0.15, 0.2) is 11.5 Å². The standard InChI is InChI=1S/C28H31N3O6S/c1-3-38(34,35)31(23-14-15-25-26(17-23)37-20-36-25)19-27(32)30(18-22-12-8-5-9-13-22)24(28(33)29-2)16-21-10-6-4-7-11-21/h4-15,17,24H,3,16,18-20H2,1-2H3,(H,29,33)/t24-/m1/s1. The zero-order valence-electron chi connectivity index (χ0n) is 21.4. The summed E-state index contributed by atoms with van der Waals surface area (Å²) in [5.41, 5.74) is 1.97. The van der Waals surface area contributed by atoms with Crippen LogP contribution in [0.4, 0.5) is 5.69 Å². The molecule has 38 heavy (non-hydrogen) atoms. The molecule has 200 valence electrons. The number of ether oxygens (including phenoxy) is 2.